The topological polar surface area (TPSA) is 91.7 Å². The Morgan fingerprint density at radius 2 is 1.64 bits per heavy atom. The summed E-state index contributed by atoms with van der Waals surface area (Å²) in [6.45, 7) is 3.94. The van der Waals surface area contributed by atoms with Gasteiger partial charge in [-0.05, 0) is 54.5 Å². The quantitative estimate of drug-likeness (QED) is 0.0996. The van der Waals surface area contributed by atoms with Gasteiger partial charge < -0.3 is 19.7 Å². The fourth-order valence-corrected chi connectivity index (χ4v) is 5.23. The van der Waals surface area contributed by atoms with Gasteiger partial charge >= 0.3 is 5.97 Å². The highest BCUT2D eigenvalue weighted by Crippen LogP contribution is 2.29. The fraction of sp³-hybridized carbons (Fsp3) is 0.382. The number of hydrogen-bond acceptors (Lipinski definition) is 5. The molecule has 0 bridgehead atoms. The maximum absolute atomic E-state index is 13.2. The maximum atomic E-state index is 13.2. The zero-order valence-electron chi connectivity index (χ0n) is 24.5. The summed E-state index contributed by atoms with van der Waals surface area (Å²) < 4.78 is 11.0. The van der Waals surface area contributed by atoms with E-state index in [1.165, 1.54) is 12.7 Å². The van der Waals surface area contributed by atoms with Crippen molar-refractivity contribution in [3.8, 4) is 16.9 Å². The Balaban J connectivity index is 0.00000484. The summed E-state index contributed by atoms with van der Waals surface area (Å²) in [7, 11) is 1.36. The third kappa shape index (κ3) is 9.08. The lowest BCUT2D eigenvalue weighted by Gasteiger charge is -2.25. The van der Waals surface area contributed by atoms with E-state index in [1.807, 2.05) is 71.6 Å². The first-order valence-electron chi connectivity index (χ1n) is 14.6. The maximum Gasteiger partial charge on any atom is 0.306 e. The summed E-state index contributed by atoms with van der Waals surface area (Å²) in [5.74, 6) is 0.454. The predicted octanol–water partition coefficient (Wildman–Crippen LogP) is 6.28. The highest BCUT2D eigenvalue weighted by molar-refractivity contribution is 5.96. The summed E-state index contributed by atoms with van der Waals surface area (Å²) in [5.41, 5.74) is 4.24. The van der Waals surface area contributed by atoms with Gasteiger partial charge in [-0.25, -0.2) is 0 Å². The van der Waals surface area contributed by atoms with Gasteiger partial charge in [-0.3, -0.25) is 15.0 Å². The van der Waals surface area contributed by atoms with E-state index in [2.05, 4.69) is 24.4 Å². The summed E-state index contributed by atoms with van der Waals surface area (Å²) in [6.07, 6.45) is 4.56. The molecule has 0 aromatic heterocycles. The second-order valence-electron chi connectivity index (χ2n) is 10.6. The lowest BCUT2D eigenvalue weighted by Crippen LogP contribution is -2.38. The second kappa shape index (κ2) is 16.6. The van der Waals surface area contributed by atoms with Crippen LogP contribution in [0.1, 0.15) is 50.2 Å². The van der Waals surface area contributed by atoms with Crippen LogP contribution < -0.4 is 10.1 Å². The number of benzene rings is 3. The molecule has 0 radical (unpaired) electrons. The summed E-state index contributed by atoms with van der Waals surface area (Å²) >= 11 is 0. The van der Waals surface area contributed by atoms with E-state index in [-0.39, 0.29) is 42.7 Å². The Morgan fingerprint density at radius 3 is 2.29 bits per heavy atom. The normalized spacial score (nSPS) is 16.0. The van der Waals surface area contributed by atoms with Crippen LogP contribution in [0.2, 0.25) is 0 Å². The minimum absolute atomic E-state index is 0. The van der Waals surface area contributed by atoms with Crippen LogP contribution in [0.25, 0.3) is 11.1 Å². The van der Waals surface area contributed by atoms with Gasteiger partial charge in [0.25, 0.3) is 0 Å². The molecule has 1 heterocycles. The zero-order chi connectivity index (χ0) is 29.0. The van der Waals surface area contributed by atoms with Crippen LogP contribution in [0, 0.1) is 11.3 Å². The molecule has 1 amide bonds. The third-order valence-corrected chi connectivity index (χ3v) is 7.61. The number of hydrogen-bond donors (Lipinski definition) is 2. The van der Waals surface area contributed by atoms with Gasteiger partial charge in [0, 0.05) is 18.7 Å². The van der Waals surface area contributed by atoms with Crippen molar-refractivity contribution in [1.29, 1.82) is 5.41 Å². The highest BCUT2D eigenvalue weighted by atomic mass is 35.5. The van der Waals surface area contributed by atoms with Crippen molar-refractivity contribution in [2.45, 2.75) is 51.5 Å². The van der Waals surface area contributed by atoms with E-state index in [0.29, 0.717) is 25.4 Å². The van der Waals surface area contributed by atoms with Gasteiger partial charge in [0.15, 0.2) is 0 Å². The zero-order valence-corrected chi connectivity index (χ0v) is 25.3. The Kier molecular flexibility index (Phi) is 12.9. The fourth-order valence-electron chi connectivity index (χ4n) is 5.23. The number of amides is 1. The molecule has 8 heteroatoms. The average Bonchev–Trinajstić information content (AvgIpc) is 3.30. The van der Waals surface area contributed by atoms with Gasteiger partial charge in [0.1, 0.15) is 18.2 Å². The van der Waals surface area contributed by atoms with E-state index in [1.54, 1.807) is 0 Å². The van der Waals surface area contributed by atoms with Gasteiger partial charge in [-0.1, -0.05) is 80.1 Å². The SMILES string of the molecule is CCCCNC(=N)c1ccc(-c2ccc(OC[C@@H]3C[C@@H](CC(=O)OC)C(=O)N3CCCc3ccccc3)cc2)cc1.Cl. The molecule has 0 spiro atoms. The van der Waals surface area contributed by atoms with Gasteiger partial charge in [-0.15, -0.1) is 12.4 Å². The van der Waals surface area contributed by atoms with Crippen LogP contribution in [-0.2, 0) is 20.7 Å². The number of carbonyl (C=O) groups excluding carboxylic acids is 2. The molecule has 0 unspecified atom stereocenters. The molecule has 4 rings (SSSR count). The lowest BCUT2D eigenvalue weighted by molar-refractivity contribution is -0.144. The molecule has 2 N–H and O–H groups in total. The molecule has 42 heavy (non-hydrogen) atoms. The number of aryl methyl sites for hydroxylation is 1. The molecule has 3 aromatic carbocycles. The molecular formula is C34H42ClN3O4. The van der Waals surface area contributed by atoms with Crippen LogP contribution in [0.15, 0.2) is 78.9 Å². The number of unbranched alkanes of at least 4 members (excludes halogenated alkanes) is 1. The van der Waals surface area contributed by atoms with Gasteiger partial charge in [0.2, 0.25) is 5.91 Å². The Bertz CT molecular complexity index is 1280. The molecule has 1 aliphatic heterocycles. The van der Waals surface area contributed by atoms with Crippen molar-refractivity contribution >= 4 is 30.1 Å². The first-order chi connectivity index (χ1) is 20.0. The van der Waals surface area contributed by atoms with Crippen molar-refractivity contribution in [1.82, 2.24) is 10.2 Å². The van der Waals surface area contributed by atoms with E-state index < -0.39 is 0 Å². The molecular weight excluding hydrogens is 550 g/mol. The van der Waals surface area contributed by atoms with Crippen LogP contribution >= 0.6 is 12.4 Å². The van der Waals surface area contributed by atoms with Crippen LogP contribution in [-0.4, -0.2) is 55.5 Å². The van der Waals surface area contributed by atoms with Crippen LogP contribution in [0.5, 0.6) is 5.75 Å². The lowest BCUT2D eigenvalue weighted by atomic mass is 10.0. The van der Waals surface area contributed by atoms with E-state index in [4.69, 9.17) is 14.9 Å². The van der Waals surface area contributed by atoms with Crippen molar-refractivity contribution < 1.29 is 19.1 Å². The molecule has 3 aromatic rings. The summed E-state index contributed by atoms with van der Waals surface area (Å²) in [4.78, 5) is 27.0. The molecule has 1 fully saturated rings. The number of ether oxygens (including phenoxy) is 2. The minimum atomic E-state index is -0.374. The minimum Gasteiger partial charge on any atom is -0.491 e. The third-order valence-electron chi connectivity index (χ3n) is 7.61. The standard InChI is InChI=1S/C34H41N3O4.ClH/c1-3-4-20-36-33(35)28-14-12-26(13-15-28)27-16-18-31(19-17-27)41-24-30-22-29(23-32(38)40-2)34(39)37(30)21-8-11-25-9-6-5-7-10-25;/h5-7,9-10,12-19,29-30H,3-4,8,11,20-24H2,1-2H3,(H2,35,36);1H/t29-,30-;/m0./s1. The van der Waals surface area contributed by atoms with Crippen molar-refractivity contribution in [2.24, 2.45) is 5.92 Å². The largest absolute Gasteiger partial charge is 0.491 e. The van der Waals surface area contributed by atoms with Crippen molar-refractivity contribution in [3.63, 3.8) is 0 Å². The van der Waals surface area contributed by atoms with Crippen molar-refractivity contribution in [3.05, 3.63) is 90.0 Å². The van der Waals surface area contributed by atoms with Crippen LogP contribution in [0.4, 0.5) is 0 Å². The van der Waals surface area contributed by atoms with Gasteiger partial charge in [-0.2, -0.15) is 0 Å². The van der Waals surface area contributed by atoms with E-state index in [9.17, 15) is 9.59 Å². The number of nitrogens with one attached hydrogen (secondary N) is 2. The van der Waals surface area contributed by atoms with Crippen LogP contribution in [0.3, 0.4) is 0 Å². The van der Waals surface area contributed by atoms with Crippen molar-refractivity contribution in [2.75, 3.05) is 26.8 Å². The van der Waals surface area contributed by atoms with E-state index >= 15 is 0 Å². The predicted molar refractivity (Wildman–Crippen MR) is 169 cm³/mol. The first kappa shape index (κ1) is 32.7. The number of amidine groups is 1. The number of esters is 1. The molecule has 1 saturated heterocycles. The first-order valence-corrected chi connectivity index (χ1v) is 14.6. The summed E-state index contributed by atoms with van der Waals surface area (Å²) in [6, 6.07) is 26.1. The van der Waals surface area contributed by atoms with Gasteiger partial charge in [0.05, 0.1) is 25.5 Å². The molecule has 0 aliphatic carbocycles. The number of halogens is 1. The number of rotatable bonds is 14. The molecule has 7 nitrogen and oxygen atoms in total. The number of methoxy groups -OCH3 is 1. The number of nitrogens with zero attached hydrogens (tertiary/aromatic N) is 1. The average molecular weight is 592 g/mol. The highest BCUT2D eigenvalue weighted by Gasteiger charge is 2.40. The molecule has 1 aliphatic rings. The second-order valence-corrected chi connectivity index (χ2v) is 10.6. The Morgan fingerprint density at radius 1 is 0.976 bits per heavy atom. The Labute approximate surface area is 255 Å². The monoisotopic (exact) mass is 591 g/mol. The number of likely N-dealkylation sites (tertiary alicyclic amines) is 1. The number of carbonyl (C=O) groups is 2. The Hall–Kier alpha value is -3.84. The molecule has 224 valence electrons. The molecule has 2 atom stereocenters. The smallest absolute Gasteiger partial charge is 0.306 e. The molecule has 0 saturated carbocycles. The van der Waals surface area contributed by atoms with E-state index in [0.717, 1.165) is 54.7 Å². The summed E-state index contributed by atoms with van der Waals surface area (Å²) in [5, 5.41) is 11.4.